The van der Waals surface area contributed by atoms with Crippen LogP contribution in [0.3, 0.4) is 0 Å². The second-order valence-electron chi connectivity index (χ2n) is 6.52. The fraction of sp³-hybridized carbons (Fsp3) is 0.150. The number of carbonyl (C=O) groups excluding carboxylic acids is 3. The lowest BCUT2D eigenvalue weighted by Crippen LogP contribution is -2.34. The maximum atomic E-state index is 12.7. The van der Waals surface area contributed by atoms with Crippen molar-refractivity contribution in [1.82, 2.24) is 4.90 Å². The maximum Gasteiger partial charge on any atom is 0.326 e. The van der Waals surface area contributed by atoms with Gasteiger partial charge in [0.05, 0.1) is 27.4 Å². The summed E-state index contributed by atoms with van der Waals surface area (Å²) < 4.78 is 11.0. The highest BCUT2D eigenvalue weighted by atomic mass is 79.9. The molecule has 2 aromatic rings. The van der Waals surface area contributed by atoms with Gasteiger partial charge in [0, 0.05) is 16.1 Å². The lowest BCUT2D eigenvalue weighted by atomic mass is 10.1. The summed E-state index contributed by atoms with van der Waals surface area (Å²) in [4.78, 5) is 58.1. The number of esters is 1. The molecule has 1 aliphatic heterocycles. The molecule has 1 fully saturated rings. The van der Waals surface area contributed by atoms with Crippen molar-refractivity contribution in [2.45, 2.75) is 6.92 Å². The Bertz CT molecular complexity index is 1250. The molecular formula is C20H14BrN3O9S. The SMILES string of the molecule is CCOC(=O)CN1C(=O)S/C(=C\c2cc(Br)ccc2Oc2ccc([N+](=O)[O-])cc2[N+](=O)[O-])C1=O. The summed E-state index contributed by atoms with van der Waals surface area (Å²) in [6.07, 6.45) is 1.34. The molecule has 1 saturated heterocycles. The standard InChI is InChI=1S/C20H14BrN3O9S/c1-2-32-18(25)10-22-19(26)17(34-20(22)27)8-11-7-12(21)3-5-15(11)33-16-6-4-13(23(28)29)9-14(16)24(30)31/h3-9H,2,10H2,1H3/b17-8-. The minimum atomic E-state index is -0.818. The molecule has 0 N–H and O–H groups in total. The van der Waals surface area contributed by atoms with Gasteiger partial charge in [0.1, 0.15) is 12.3 Å². The van der Waals surface area contributed by atoms with E-state index >= 15 is 0 Å². The number of nitrogens with zero attached hydrogens (tertiary/aromatic N) is 3. The van der Waals surface area contributed by atoms with Crippen molar-refractivity contribution in [3.63, 3.8) is 0 Å². The normalized spacial score (nSPS) is 14.4. The van der Waals surface area contributed by atoms with Gasteiger partial charge in [-0.25, -0.2) is 0 Å². The smallest absolute Gasteiger partial charge is 0.326 e. The Kier molecular flexibility index (Phi) is 7.63. The zero-order valence-corrected chi connectivity index (χ0v) is 19.7. The number of non-ortho nitro benzene ring substituents is 1. The molecule has 3 rings (SSSR count). The van der Waals surface area contributed by atoms with Gasteiger partial charge in [-0.2, -0.15) is 0 Å². The van der Waals surface area contributed by atoms with Crippen molar-refractivity contribution in [3.8, 4) is 11.5 Å². The van der Waals surface area contributed by atoms with Gasteiger partial charge >= 0.3 is 11.7 Å². The van der Waals surface area contributed by atoms with Gasteiger partial charge in [0.15, 0.2) is 0 Å². The van der Waals surface area contributed by atoms with Crippen LogP contribution in [0.1, 0.15) is 12.5 Å². The van der Waals surface area contributed by atoms with Gasteiger partial charge in [-0.05, 0) is 49.0 Å². The van der Waals surface area contributed by atoms with E-state index in [1.807, 2.05) is 0 Å². The molecule has 0 unspecified atom stereocenters. The molecule has 34 heavy (non-hydrogen) atoms. The first-order chi connectivity index (χ1) is 16.1. The molecular weight excluding hydrogens is 538 g/mol. The number of amides is 2. The van der Waals surface area contributed by atoms with Crippen LogP contribution in [0, 0.1) is 20.2 Å². The van der Waals surface area contributed by atoms with E-state index < -0.39 is 44.9 Å². The number of halogens is 1. The summed E-state index contributed by atoms with van der Waals surface area (Å²) >= 11 is 3.89. The topological polar surface area (TPSA) is 159 Å². The highest BCUT2D eigenvalue weighted by Crippen LogP contribution is 2.39. The zero-order chi connectivity index (χ0) is 25.0. The highest BCUT2D eigenvalue weighted by molar-refractivity contribution is 9.10. The quantitative estimate of drug-likeness (QED) is 0.195. The van der Waals surface area contributed by atoms with Crippen LogP contribution < -0.4 is 4.74 Å². The Morgan fingerprint density at radius 3 is 2.47 bits per heavy atom. The van der Waals surface area contributed by atoms with E-state index in [-0.39, 0.29) is 28.6 Å². The zero-order valence-electron chi connectivity index (χ0n) is 17.3. The number of nitro groups is 2. The van der Waals surface area contributed by atoms with Crippen molar-refractivity contribution in [2.75, 3.05) is 13.2 Å². The van der Waals surface area contributed by atoms with Gasteiger partial charge in [0.25, 0.3) is 16.8 Å². The molecule has 14 heteroatoms. The van der Waals surface area contributed by atoms with Gasteiger partial charge in [0.2, 0.25) is 5.75 Å². The highest BCUT2D eigenvalue weighted by Gasteiger charge is 2.37. The summed E-state index contributed by atoms with van der Waals surface area (Å²) in [5.74, 6) is -1.63. The van der Waals surface area contributed by atoms with Crippen molar-refractivity contribution in [2.24, 2.45) is 0 Å². The Morgan fingerprint density at radius 1 is 1.12 bits per heavy atom. The third-order valence-electron chi connectivity index (χ3n) is 4.29. The van der Waals surface area contributed by atoms with E-state index in [9.17, 15) is 34.6 Å². The first-order valence-corrected chi connectivity index (χ1v) is 11.0. The number of rotatable bonds is 8. The molecule has 176 valence electrons. The first-order valence-electron chi connectivity index (χ1n) is 9.42. The lowest BCUT2D eigenvalue weighted by molar-refractivity contribution is -0.394. The van der Waals surface area contributed by atoms with Crippen LogP contribution in [-0.2, 0) is 14.3 Å². The molecule has 0 aromatic heterocycles. The molecule has 0 spiro atoms. The molecule has 1 heterocycles. The van der Waals surface area contributed by atoms with Gasteiger partial charge < -0.3 is 9.47 Å². The number of nitro benzene ring substituents is 2. The monoisotopic (exact) mass is 551 g/mol. The first kappa shape index (κ1) is 24.9. The fourth-order valence-corrected chi connectivity index (χ4v) is 4.01. The second kappa shape index (κ2) is 10.4. The van der Waals surface area contributed by atoms with Crippen molar-refractivity contribution < 1.29 is 33.7 Å². The van der Waals surface area contributed by atoms with E-state index in [0.29, 0.717) is 16.2 Å². The Balaban J connectivity index is 1.95. The van der Waals surface area contributed by atoms with Crippen LogP contribution in [0.4, 0.5) is 16.2 Å². The largest absolute Gasteiger partial charge is 0.465 e. The van der Waals surface area contributed by atoms with Crippen molar-refractivity contribution in [1.29, 1.82) is 0 Å². The number of imide groups is 1. The van der Waals surface area contributed by atoms with Gasteiger partial charge in [-0.15, -0.1) is 0 Å². The molecule has 0 bridgehead atoms. The number of ether oxygens (including phenoxy) is 2. The lowest BCUT2D eigenvalue weighted by Gasteiger charge is -2.11. The van der Waals surface area contributed by atoms with E-state index in [0.717, 1.165) is 23.1 Å². The molecule has 0 saturated carbocycles. The number of benzene rings is 2. The van der Waals surface area contributed by atoms with Crippen LogP contribution >= 0.6 is 27.7 Å². The second-order valence-corrected chi connectivity index (χ2v) is 8.43. The summed E-state index contributed by atoms with van der Waals surface area (Å²) in [5, 5.41) is 21.7. The minimum absolute atomic E-state index is 0.00422. The van der Waals surface area contributed by atoms with Crippen LogP contribution in [0.5, 0.6) is 11.5 Å². The molecule has 2 aromatic carbocycles. The fourth-order valence-electron chi connectivity index (χ4n) is 2.81. The van der Waals surface area contributed by atoms with E-state index in [1.54, 1.807) is 19.1 Å². The predicted molar refractivity (Wildman–Crippen MR) is 123 cm³/mol. The summed E-state index contributed by atoms with van der Waals surface area (Å²) in [5.41, 5.74) is -0.827. The third-order valence-corrected chi connectivity index (χ3v) is 5.70. The minimum Gasteiger partial charge on any atom is -0.465 e. The Hall–Kier alpha value is -3.78. The van der Waals surface area contributed by atoms with E-state index in [1.165, 1.54) is 12.1 Å². The van der Waals surface area contributed by atoms with Gasteiger partial charge in [-0.3, -0.25) is 39.5 Å². The summed E-state index contributed by atoms with van der Waals surface area (Å²) in [6.45, 7) is 1.15. The number of thioether (sulfide) groups is 1. The molecule has 0 atom stereocenters. The molecule has 0 aliphatic carbocycles. The molecule has 2 amide bonds. The summed E-state index contributed by atoms with van der Waals surface area (Å²) in [7, 11) is 0. The average Bonchev–Trinajstić information content (AvgIpc) is 3.03. The predicted octanol–water partition coefficient (Wildman–Crippen LogP) is 4.66. The summed E-state index contributed by atoms with van der Waals surface area (Å²) in [6, 6.07) is 7.51. The molecule has 12 nitrogen and oxygen atoms in total. The number of hydrogen-bond acceptors (Lipinski definition) is 10. The van der Waals surface area contributed by atoms with Crippen LogP contribution in [0.2, 0.25) is 0 Å². The van der Waals surface area contributed by atoms with Crippen molar-refractivity contribution in [3.05, 3.63) is 71.6 Å². The third kappa shape index (κ3) is 5.58. The van der Waals surface area contributed by atoms with E-state index in [4.69, 9.17) is 9.47 Å². The van der Waals surface area contributed by atoms with Gasteiger partial charge in [-0.1, -0.05) is 15.9 Å². The van der Waals surface area contributed by atoms with Crippen LogP contribution in [-0.4, -0.2) is 45.0 Å². The number of carbonyl (C=O) groups is 3. The van der Waals surface area contributed by atoms with Crippen LogP contribution in [0.25, 0.3) is 6.08 Å². The Morgan fingerprint density at radius 2 is 1.82 bits per heavy atom. The number of hydrogen-bond donors (Lipinski definition) is 0. The molecule has 1 aliphatic rings. The van der Waals surface area contributed by atoms with E-state index in [2.05, 4.69) is 15.9 Å². The Labute approximate surface area is 203 Å². The van der Waals surface area contributed by atoms with Crippen LogP contribution in [0.15, 0.2) is 45.8 Å². The maximum absolute atomic E-state index is 12.7. The van der Waals surface area contributed by atoms with Crippen molar-refractivity contribution >= 4 is 62.3 Å². The average molecular weight is 552 g/mol. The molecule has 0 radical (unpaired) electrons.